The van der Waals surface area contributed by atoms with Gasteiger partial charge in [-0.25, -0.2) is 0 Å². The molecule has 2 rings (SSSR count). The second-order valence-corrected chi connectivity index (χ2v) is 8.36. The van der Waals surface area contributed by atoms with Crippen LogP contribution in [0.2, 0.25) is 0 Å². The molecule has 0 aliphatic rings. The topological polar surface area (TPSA) is 17.1 Å². The number of carbonyl (C=O) groups excluding carboxylic acids is 1. The monoisotopic (exact) mass is 438 g/mol. The van der Waals surface area contributed by atoms with Crippen LogP contribution in [0.3, 0.4) is 0 Å². The Balaban J connectivity index is 2.07. The number of benzene rings is 2. The number of thioether (sulfide) groups is 2. The number of hydrogen-bond acceptors (Lipinski definition) is 3. The van der Waals surface area contributed by atoms with Gasteiger partial charge in [-0.15, -0.1) is 0 Å². The van der Waals surface area contributed by atoms with Gasteiger partial charge in [-0.1, -0.05) is 38.1 Å². The molecule has 0 bridgehead atoms. The van der Waals surface area contributed by atoms with E-state index in [4.69, 9.17) is 0 Å². The molecule has 0 radical (unpaired) electrons. The van der Waals surface area contributed by atoms with E-state index < -0.39 is 22.9 Å². The first-order valence-corrected chi connectivity index (χ1v) is 9.74. The van der Waals surface area contributed by atoms with Crippen LogP contribution in [-0.4, -0.2) is 16.8 Å². The molecule has 0 aliphatic carbocycles. The normalized spacial score (nSPS) is 14.6. The summed E-state index contributed by atoms with van der Waals surface area (Å²) in [6.07, 6.45) is 0. The predicted octanol–water partition coefficient (Wildman–Crippen LogP) is 7.39. The first-order valence-electron chi connectivity index (χ1n) is 8.11. The molecule has 0 heterocycles. The molecule has 9 heteroatoms. The summed E-state index contributed by atoms with van der Waals surface area (Å²) in [5.41, 5.74) is -7.61. The lowest BCUT2D eigenvalue weighted by Gasteiger charge is -2.18. The van der Waals surface area contributed by atoms with Gasteiger partial charge in [0.05, 0.1) is 0 Å². The summed E-state index contributed by atoms with van der Waals surface area (Å²) in [6.45, 7) is 3.30. The molecule has 2 aromatic carbocycles. The molecule has 0 spiro atoms. The van der Waals surface area contributed by atoms with E-state index in [9.17, 15) is 31.1 Å². The molecule has 0 saturated heterocycles. The van der Waals surface area contributed by atoms with Crippen molar-refractivity contribution in [2.24, 2.45) is 0 Å². The molecular formula is C19H16F6OS2. The minimum atomic E-state index is -4.38. The molecule has 28 heavy (non-hydrogen) atoms. The quantitative estimate of drug-likeness (QED) is 0.346. The molecule has 152 valence electrons. The van der Waals surface area contributed by atoms with Crippen LogP contribution >= 0.6 is 23.5 Å². The Bertz CT molecular complexity index is 730. The fourth-order valence-corrected chi connectivity index (χ4v) is 3.70. The first-order chi connectivity index (χ1) is 12.9. The highest BCUT2D eigenvalue weighted by atomic mass is 32.2. The zero-order chi connectivity index (χ0) is 21.1. The van der Waals surface area contributed by atoms with Crippen molar-refractivity contribution >= 4 is 29.3 Å². The van der Waals surface area contributed by atoms with Crippen LogP contribution in [0.4, 0.5) is 26.3 Å². The number of halogens is 6. The third kappa shape index (κ3) is 6.77. The fourth-order valence-electron chi connectivity index (χ4n) is 2.62. The van der Waals surface area contributed by atoms with Crippen LogP contribution in [0, 0.1) is 0 Å². The fraction of sp³-hybridized carbons (Fsp3) is 0.316. The summed E-state index contributed by atoms with van der Waals surface area (Å²) in [5.74, 6) is -1.30. The van der Waals surface area contributed by atoms with Crippen molar-refractivity contribution in [2.45, 2.75) is 46.5 Å². The molecule has 0 aromatic heterocycles. The smallest absolute Gasteiger partial charge is 0.298 e. The molecule has 2 atom stereocenters. The van der Waals surface area contributed by atoms with Crippen LogP contribution in [0.15, 0.2) is 58.3 Å². The third-order valence-electron chi connectivity index (χ3n) is 4.08. The molecule has 1 nitrogen and oxygen atoms in total. The second kappa shape index (κ2) is 8.82. The van der Waals surface area contributed by atoms with E-state index in [-0.39, 0.29) is 39.1 Å². The zero-order valence-electron chi connectivity index (χ0n) is 14.8. The summed E-state index contributed by atoms with van der Waals surface area (Å²) < 4.78 is 74.3. The van der Waals surface area contributed by atoms with Crippen LogP contribution in [-0.2, 0) is 4.79 Å². The summed E-state index contributed by atoms with van der Waals surface area (Å²) in [4.78, 5) is 12.8. The molecular weight excluding hydrogens is 422 g/mol. The maximum absolute atomic E-state index is 12.7. The Morgan fingerprint density at radius 3 is 1.21 bits per heavy atom. The average molecular weight is 438 g/mol. The van der Waals surface area contributed by atoms with Crippen LogP contribution in [0.1, 0.15) is 36.8 Å². The molecule has 2 unspecified atom stereocenters. The minimum Gasteiger partial charge on any atom is -0.298 e. The lowest BCUT2D eigenvalue weighted by atomic mass is 9.86. The third-order valence-corrected chi connectivity index (χ3v) is 5.56. The van der Waals surface area contributed by atoms with Gasteiger partial charge in [0.15, 0.2) is 0 Å². The van der Waals surface area contributed by atoms with Crippen molar-refractivity contribution in [3.63, 3.8) is 0 Å². The van der Waals surface area contributed by atoms with Crippen molar-refractivity contribution in [3.8, 4) is 0 Å². The molecule has 0 amide bonds. The highest BCUT2D eigenvalue weighted by molar-refractivity contribution is 8.00. The molecule has 0 fully saturated rings. The molecule has 0 saturated carbocycles. The Hall–Kier alpha value is -1.61. The van der Waals surface area contributed by atoms with E-state index in [1.165, 1.54) is 48.5 Å². The Labute approximate surface area is 166 Å². The van der Waals surface area contributed by atoms with Crippen molar-refractivity contribution in [1.29, 1.82) is 0 Å². The van der Waals surface area contributed by atoms with E-state index in [1.54, 1.807) is 13.8 Å². The molecule has 0 N–H and O–H groups in total. The van der Waals surface area contributed by atoms with Gasteiger partial charge in [0.1, 0.15) is 5.78 Å². The number of ketones is 1. The van der Waals surface area contributed by atoms with Gasteiger partial charge in [-0.05, 0) is 58.9 Å². The largest absolute Gasteiger partial charge is 0.446 e. The maximum Gasteiger partial charge on any atom is 0.446 e. The molecule has 2 aromatic rings. The number of hydrogen-bond donors (Lipinski definition) is 0. The average Bonchev–Trinajstić information content (AvgIpc) is 2.58. The van der Waals surface area contributed by atoms with Crippen LogP contribution in [0.5, 0.6) is 0 Å². The minimum absolute atomic E-state index is 0.0294. The predicted molar refractivity (Wildman–Crippen MR) is 98.5 cm³/mol. The van der Waals surface area contributed by atoms with E-state index in [1.807, 2.05) is 0 Å². The number of rotatable bonds is 6. The number of Topliss-reactive ketones (excluding diaryl/α,β-unsaturated/α-hetero) is 1. The summed E-state index contributed by atoms with van der Waals surface area (Å²) in [5, 5.41) is 0. The van der Waals surface area contributed by atoms with E-state index in [0.29, 0.717) is 11.1 Å². The summed E-state index contributed by atoms with van der Waals surface area (Å²) in [7, 11) is 0. The maximum atomic E-state index is 12.7. The van der Waals surface area contributed by atoms with Crippen molar-refractivity contribution in [1.82, 2.24) is 0 Å². The van der Waals surface area contributed by atoms with Gasteiger partial charge in [-0.2, -0.15) is 26.3 Å². The first kappa shape index (κ1) is 22.7. The standard InChI is InChI=1S/C19H16F6OS2/c1-11(13-3-7-15(8-4-13)27-18(20,21)22)17(26)12(2)14-5-9-16(10-6-14)28-19(23,24)25/h3-12H,1-2H3. The van der Waals surface area contributed by atoms with E-state index in [2.05, 4.69) is 0 Å². The van der Waals surface area contributed by atoms with Gasteiger partial charge < -0.3 is 0 Å². The van der Waals surface area contributed by atoms with Gasteiger partial charge in [-0.3, -0.25) is 4.79 Å². The zero-order valence-corrected chi connectivity index (χ0v) is 16.4. The number of alkyl halides is 6. The summed E-state index contributed by atoms with van der Waals surface area (Å²) >= 11 is -0.458. The van der Waals surface area contributed by atoms with Gasteiger partial charge in [0.2, 0.25) is 0 Å². The van der Waals surface area contributed by atoms with Gasteiger partial charge in [0, 0.05) is 21.6 Å². The lowest BCUT2D eigenvalue weighted by molar-refractivity contribution is -0.121. The molecule has 0 aliphatic heterocycles. The SMILES string of the molecule is CC(C(=O)C(C)c1ccc(SC(F)(F)F)cc1)c1ccc(SC(F)(F)F)cc1. The number of carbonyl (C=O) groups is 1. The van der Waals surface area contributed by atoms with Crippen LogP contribution < -0.4 is 0 Å². The highest BCUT2D eigenvalue weighted by Crippen LogP contribution is 2.38. The van der Waals surface area contributed by atoms with Gasteiger partial charge in [0.25, 0.3) is 0 Å². The van der Waals surface area contributed by atoms with Crippen molar-refractivity contribution < 1.29 is 31.1 Å². The highest BCUT2D eigenvalue weighted by Gasteiger charge is 2.30. The van der Waals surface area contributed by atoms with Gasteiger partial charge >= 0.3 is 11.0 Å². The Kier molecular flexibility index (Phi) is 7.14. The van der Waals surface area contributed by atoms with Crippen molar-refractivity contribution in [2.75, 3.05) is 0 Å². The Morgan fingerprint density at radius 1 is 0.679 bits per heavy atom. The summed E-state index contributed by atoms with van der Waals surface area (Å²) in [6, 6.07) is 11.2. The Morgan fingerprint density at radius 2 is 0.964 bits per heavy atom. The van der Waals surface area contributed by atoms with Crippen LogP contribution in [0.25, 0.3) is 0 Å². The van der Waals surface area contributed by atoms with E-state index >= 15 is 0 Å². The lowest BCUT2D eigenvalue weighted by Crippen LogP contribution is -2.16. The van der Waals surface area contributed by atoms with E-state index in [0.717, 1.165) is 0 Å². The second-order valence-electron chi connectivity index (χ2n) is 6.08. The van der Waals surface area contributed by atoms with Crippen molar-refractivity contribution in [3.05, 3.63) is 59.7 Å².